The minimum atomic E-state index is 0.303. The van der Waals surface area contributed by atoms with Gasteiger partial charge >= 0.3 is 0 Å². The first kappa shape index (κ1) is 13.4. The molecule has 0 fully saturated rings. The molecule has 0 aliphatic carbocycles. The average molecular weight is 283 g/mol. The topological polar surface area (TPSA) is 53.6 Å². The van der Waals surface area contributed by atoms with E-state index in [4.69, 9.17) is 11.6 Å². The van der Waals surface area contributed by atoms with Crippen LogP contribution in [-0.2, 0) is 0 Å². The molecule has 1 heterocycles. The van der Waals surface area contributed by atoms with E-state index in [1.165, 1.54) is 23.7 Å². The molecular weight excluding hydrogens is 268 g/mol. The first-order chi connectivity index (χ1) is 8.70. The van der Waals surface area contributed by atoms with Gasteiger partial charge in [0.1, 0.15) is 6.33 Å². The van der Waals surface area contributed by atoms with Gasteiger partial charge in [0.2, 0.25) is 0 Å². The van der Waals surface area contributed by atoms with Gasteiger partial charge in [-0.25, -0.2) is 4.98 Å². The van der Waals surface area contributed by atoms with Crippen LogP contribution >= 0.6 is 23.4 Å². The Balaban J connectivity index is 2.14. The lowest BCUT2D eigenvalue weighted by molar-refractivity contribution is 0.598. The molecule has 18 heavy (non-hydrogen) atoms. The number of nitrogens with zero attached hydrogens (tertiary/aromatic N) is 2. The molecule has 0 amide bonds. The van der Waals surface area contributed by atoms with Crippen LogP contribution in [0, 0.1) is 0 Å². The summed E-state index contributed by atoms with van der Waals surface area (Å²) in [6, 6.07) is 6.39. The van der Waals surface area contributed by atoms with Crippen molar-refractivity contribution >= 4 is 23.4 Å². The SMILES string of the molecule is CCNC(C)c1ccc(Sc2ncn[nH]2)c(Cl)c1. The molecule has 1 aromatic heterocycles. The summed E-state index contributed by atoms with van der Waals surface area (Å²) in [6.07, 6.45) is 1.48. The fourth-order valence-electron chi connectivity index (χ4n) is 1.64. The number of aromatic nitrogens is 3. The molecule has 0 spiro atoms. The molecule has 4 nitrogen and oxygen atoms in total. The van der Waals surface area contributed by atoms with Crippen LogP contribution in [-0.4, -0.2) is 21.7 Å². The van der Waals surface area contributed by atoms with E-state index < -0.39 is 0 Å². The summed E-state index contributed by atoms with van der Waals surface area (Å²) in [5, 5.41) is 11.4. The first-order valence-electron chi connectivity index (χ1n) is 5.76. The Kier molecular flexibility index (Phi) is 4.63. The normalized spacial score (nSPS) is 12.6. The predicted octanol–water partition coefficient (Wildman–Crippen LogP) is 3.28. The minimum Gasteiger partial charge on any atom is -0.310 e. The molecule has 0 saturated heterocycles. The maximum Gasteiger partial charge on any atom is 0.188 e. The molecular formula is C12H15ClN4S. The van der Waals surface area contributed by atoms with Gasteiger partial charge in [-0.05, 0) is 42.9 Å². The van der Waals surface area contributed by atoms with E-state index in [2.05, 4.69) is 40.4 Å². The Hall–Kier alpha value is -1.04. The van der Waals surface area contributed by atoms with Crippen molar-refractivity contribution in [3.63, 3.8) is 0 Å². The summed E-state index contributed by atoms with van der Waals surface area (Å²) in [4.78, 5) is 5.04. The highest BCUT2D eigenvalue weighted by Gasteiger charge is 2.09. The number of aromatic amines is 1. The minimum absolute atomic E-state index is 0.303. The number of rotatable bonds is 5. The molecule has 96 valence electrons. The van der Waals surface area contributed by atoms with Crippen molar-refractivity contribution in [1.29, 1.82) is 0 Å². The summed E-state index contributed by atoms with van der Waals surface area (Å²) in [5.41, 5.74) is 1.18. The molecule has 2 N–H and O–H groups in total. The molecule has 1 unspecified atom stereocenters. The summed E-state index contributed by atoms with van der Waals surface area (Å²) in [7, 11) is 0. The smallest absolute Gasteiger partial charge is 0.188 e. The van der Waals surface area contributed by atoms with Crippen LogP contribution in [0.2, 0.25) is 5.02 Å². The summed E-state index contributed by atoms with van der Waals surface area (Å²) in [6.45, 7) is 5.15. The van der Waals surface area contributed by atoms with E-state index in [1.54, 1.807) is 0 Å². The number of nitrogens with one attached hydrogen (secondary N) is 2. The van der Waals surface area contributed by atoms with Gasteiger partial charge in [-0.3, -0.25) is 5.10 Å². The maximum atomic E-state index is 6.28. The Bertz CT molecular complexity index is 501. The molecule has 1 aromatic carbocycles. The molecule has 0 radical (unpaired) electrons. The van der Waals surface area contributed by atoms with Crippen molar-refractivity contribution in [3.05, 3.63) is 35.1 Å². The molecule has 2 aromatic rings. The van der Waals surface area contributed by atoms with Crippen LogP contribution < -0.4 is 5.32 Å². The largest absolute Gasteiger partial charge is 0.310 e. The molecule has 0 bridgehead atoms. The average Bonchev–Trinajstić information content (AvgIpc) is 2.85. The highest BCUT2D eigenvalue weighted by atomic mass is 35.5. The number of H-pyrrole nitrogens is 1. The zero-order valence-electron chi connectivity index (χ0n) is 10.3. The molecule has 6 heteroatoms. The third-order valence-corrected chi connectivity index (χ3v) is 3.96. The highest BCUT2D eigenvalue weighted by molar-refractivity contribution is 7.99. The zero-order valence-corrected chi connectivity index (χ0v) is 11.8. The second-order valence-corrected chi connectivity index (χ2v) is 5.30. The summed E-state index contributed by atoms with van der Waals surface area (Å²) >= 11 is 7.75. The second-order valence-electron chi connectivity index (χ2n) is 3.86. The lowest BCUT2D eigenvalue weighted by Gasteiger charge is -2.13. The van der Waals surface area contributed by atoms with Crippen molar-refractivity contribution in [2.75, 3.05) is 6.54 Å². The van der Waals surface area contributed by atoms with Crippen molar-refractivity contribution < 1.29 is 0 Å². The van der Waals surface area contributed by atoms with E-state index in [0.717, 1.165) is 21.6 Å². The summed E-state index contributed by atoms with van der Waals surface area (Å²) in [5.74, 6) is 0. The third kappa shape index (κ3) is 3.25. The van der Waals surface area contributed by atoms with Gasteiger partial charge < -0.3 is 5.32 Å². The van der Waals surface area contributed by atoms with Crippen LogP contribution in [0.15, 0.2) is 34.6 Å². The van der Waals surface area contributed by atoms with Crippen LogP contribution in [0.3, 0.4) is 0 Å². The van der Waals surface area contributed by atoms with Crippen LogP contribution in [0.25, 0.3) is 0 Å². The summed E-state index contributed by atoms with van der Waals surface area (Å²) < 4.78 is 0. The van der Waals surface area contributed by atoms with Crippen molar-refractivity contribution in [1.82, 2.24) is 20.5 Å². The van der Waals surface area contributed by atoms with Crippen molar-refractivity contribution in [2.45, 2.75) is 29.9 Å². The number of halogens is 1. The third-order valence-electron chi connectivity index (χ3n) is 2.57. The molecule has 2 rings (SSSR count). The van der Waals surface area contributed by atoms with Crippen LogP contribution in [0.5, 0.6) is 0 Å². The van der Waals surface area contributed by atoms with Crippen LogP contribution in [0.1, 0.15) is 25.5 Å². The van der Waals surface area contributed by atoms with Gasteiger partial charge in [-0.15, -0.1) is 0 Å². The van der Waals surface area contributed by atoms with Crippen LogP contribution in [0.4, 0.5) is 0 Å². The van der Waals surface area contributed by atoms with Gasteiger partial charge in [-0.1, -0.05) is 24.6 Å². The monoisotopic (exact) mass is 282 g/mol. The van der Waals surface area contributed by atoms with Gasteiger partial charge in [0, 0.05) is 10.9 Å². The maximum absolute atomic E-state index is 6.28. The predicted molar refractivity (Wildman–Crippen MR) is 74.0 cm³/mol. The van der Waals surface area contributed by atoms with E-state index in [1.807, 2.05) is 12.1 Å². The van der Waals surface area contributed by atoms with Gasteiger partial charge in [0.15, 0.2) is 5.16 Å². The van der Waals surface area contributed by atoms with E-state index in [9.17, 15) is 0 Å². The molecule has 0 aliphatic rings. The van der Waals surface area contributed by atoms with Crippen molar-refractivity contribution in [3.8, 4) is 0 Å². The number of hydrogen-bond acceptors (Lipinski definition) is 4. The quantitative estimate of drug-likeness (QED) is 0.884. The molecule has 0 aliphatic heterocycles. The van der Waals surface area contributed by atoms with Gasteiger partial charge in [0.05, 0.1) is 5.02 Å². The highest BCUT2D eigenvalue weighted by Crippen LogP contribution is 2.32. The van der Waals surface area contributed by atoms with Crippen molar-refractivity contribution in [2.24, 2.45) is 0 Å². The van der Waals surface area contributed by atoms with Gasteiger partial charge in [0.25, 0.3) is 0 Å². The van der Waals surface area contributed by atoms with Gasteiger partial charge in [-0.2, -0.15) is 5.10 Å². The Morgan fingerprint density at radius 3 is 2.94 bits per heavy atom. The molecule has 1 atom stereocenters. The standard InChI is InChI=1S/C12H15ClN4S/c1-3-14-8(2)9-4-5-11(10(13)6-9)18-12-15-7-16-17-12/h4-8,14H,3H2,1-2H3,(H,15,16,17). The fraction of sp³-hybridized carbons (Fsp3) is 0.333. The Labute approximate surface area is 116 Å². The van der Waals surface area contributed by atoms with E-state index in [0.29, 0.717) is 6.04 Å². The number of benzene rings is 1. The number of hydrogen-bond donors (Lipinski definition) is 2. The fourth-order valence-corrected chi connectivity index (χ4v) is 2.64. The second kappa shape index (κ2) is 6.22. The lowest BCUT2D eigenvalue weighted by atomic mass is 10.1. The van der Waals surface area contributed by atoms with E-state index >= 15 is 0 Å². The zero-order chi connectivity index (χ0) is 13.0. The lowest BCUT2D eigenvalue weighted by Crippen LogP contribution is -2.17. The van der Waals surface area contributed by atoms with E-state index in [-0.39, 0.29) is 0 Å². The first-order valence-corrected chi connectivity index (χ1v) is 6.96. The Morgan fingerprint density at radius 1 is 1.50 bits per heavy atom. The Morgan fingerprint density at radius 2 is 2.33 bits per heavy atom. The molecule has 0 saturated carbocycles.